The molecule has 1 aliphatic heterocycles. The maximum Gasteiger partial charge on any atom is 0.193 e. The first-order chi connectivity index (χ1) is 7.86. The van der Waals surface area contributed by atoms with E-state index in [9.17, 15) is 0 Å². The van der Waals surface area contributed by atoms with Crippen LogP contribution in [0.5, 0.6) is 0 Å². The van der Waals surface area contributed by atoms with Crippen LogP contribution in [0, 0.1) is 5.92 Å². The molecule has 1 aliphatic carbocycles. The van der Waals surface area contributed by atoms with Crippen molar-refractivity contribution in [3.8, 4) is 0 Å². The van der Waals surface area contributed by atoms with E-state index >= 15 is 0 Å². The van der Waals surface area contributed by atoms with Gasteiger partial charge < -0.3 is 10.2 Å². The van der Waals surface area contributed by atoms with E-state index in [2.05, 4.69) is 22.3 Å². The van der Waals surface area contributed by atoms with Crippen molar-refractivity contribution in [3.05, 3.63) is 0 Å². The monoisotopic (exact) mass is 223 g/mol. The van der Waals surface area contributed by atoms with Gasteiger partial charge in [-0.3, -0.25) is 4.99 Å². The molecule has 0 saturated heterocycles. The first-order valence-electron chi connectivity index (χ1n) is 6.86. The molecular formula is C13H25N3. The minimum Gasteiger partial charge on any atom is -0.356 e. The smallest absolute Gasteiger partial charge is 0.193 e. The van der Waals surface area contributed by atoms with Crippen LogP contribution in [0.15, 0.2) is 4.99 Å². The second-order valence-corrected chi connectivity index (χ2v) is 5.22. The second-order valence-electron chi connectivity index (χ2n) is 5.22. The number of rotatable bonds is 2. The Hall–Kier alpha value is -0.730. The van der Waals surface area contributed by atoms with Crippen LogP contribution < -0.4 is 5.32 Å². The summed E-state index contributed by atoms with van der Waals surface area (Å²) < 4.78 is 0. The summed E-state index contributed by atoms with van der Waals surface area (Å²) in [4.78, 5) is 6.70. The van der Waals surface area contributed by atoms with Crippen LogP contribution in [0.25, 0.3) is 0 Å². The Morgan fingerprint density at radius 1 is 1.19 bits per heavy atom. The number of nitrogens with one attached hydrogen (secondary N) is 1. The van der Waals surface area contributed by atoms with Crippen LogP contribution in [0.4, 0.5) is 0 Å². The number of hydrogen-bond acceptors (Lipinski definition) is 3. The number of hydrogen-bond donors (Lipinski definition) is 1. The molecule has 1 N–H and O–H groups in total. The number of likely N-dealkylation sites (N-methyl/N-ethyl adjacent to an activating group) is 1. The molecule has 1 fully saturated rings. The highest BCUT2D eigenvalue weighted by atomic mass is 15.3. The summed E-state index contributed by atoms with van der Waals surface area (Å²) in [7, 11) is 2.12. The first-order valence-corrected chi connectivity index (χ1v) is 6.86. The van der Waals surface area contributed by atoms with Gasteiger partial charge in [-0.25, -0.2) is 0 Å². The van der Waals surface area contributed by atoms with Crippen LogP contribution in [0.1, 0.15) is 44.9 Å². The summed E-state index contributed by atoms with van der Waals surface area (Å²) in [5.74, 6) is 1.99. The SMILES string of the molecule is CN1CCN=C1NCC1CCCCCCC1. The Balaban J connectivity index is 1.71. The predicted molar refractivity (Wildman–Crippen MR) is 68.7 cm³/mol. The molecule has 92 valence electrons. The number of nitrogens with zero attached hydrogens (tertiary/aromatic N) is 2. The molecule has 2 rings (SSSR count). The van der Waals surface area contributed by atoms with Crippen molar-refractivity contribution in [2.75, 3.05) is 26.7 Å². The van der Waals surface area contributed by atoms with E-state index in [0.29, 0.717) is 0 Å². The lowest BCUT2D eigenvalue weighted by molar-refractivity contribution is 0.371. The predicted octanol–water partition coefficient (Wildman–Crippen LogP) is 2.24. The van der Waals surface area contributed by atoms with Crippen molar-refractivity contribution >= 4 is 5.96 Å². The van der Waals surface area contributed by atoms with E-state index in [4.69, 9.17) is 0 Å². The highest BCUT2D eigenvalue weighted by Gasteiger charge is 2.15. The second kappa shape index (κ2) is 6.12. The largest absolute Gasteiger partial charge is 0.356 e. The zero-order chi connectivity index (χ0) is 11.2. The fourth-order valence-electron chi connectivity index (χ4n) is 2.70. The van der Waals surface area contributed by atoms with Crippen molar-refractivity contribution < 1.29 is 0 Å². The Bertz CT molecular complexity index is 229. The molecule has 0 aromatic heterocycles. The summed E-state index contributed by atoms with van der Waals surface area (Å²) in [6.07, 6.45) is 10.0. The van der Waals surface area contributed by atoms with Gasteiger partial charge in [0.05, 0.1) is 6.54 Å². The van der Waals surface area contributed by atoms with Gasteiger partial charge in [0, 0.05) is 20.1 Å². The molecule has 1 saturated carbocycles. The van der Waals surface area contributed by atoms with Gasteiger partial charge in [-0.05, 0) is 18.8 Å². The molecule has 2 aliphatic rings. The van der Waals surface area contributed by atoms with Crippen LogP contribution in [0.3, 0.4) is 0 Å². The van der Waals surface area contributed by atoms with Crippen LogP contribution >= 0.6 is 0 Å². The molecule has 0 aromatic rings. The highest BCUT2D eigenvalue weighted by molar-refractivity contribution is 5.81. The summed E-state index contributed by atoms with van der Waals surface area (Å²) in [5.41, 5.74) is 0. The van der Waals surface area contributed by atoms with Crippen LogP contribution in [0.2, 0.25) is 0 Å². The van der Waals surface area contributed by atoms with Gasteiger partial charge in [0.25, 0.3) is 0 Å². The lowest BCUT2D eigenvalue weighted by atomic mass is 9.91. The van der Waals surface area contributed by atoms with E-state index in [1.165, 1.54) is 44.9 Å². The fourth-order valence-corrected chi connectivity index (χ4v) is 2.70. The minimum absolute atomic E-state index is 0.872. The van der Waals surface area contributed by atoms with Gasteiger partial charge in [0.2, 0.25) is 0 Å². The molecular weight excluding hydrogens is 198 g/mol. The fraction of sp³-hybridized carbons (Fsp3) is 0.923. The third kappa shape index (κ3) is 3.39. The maximum atomic E-state index is 4.47. The third-order valence-electron chi connectivity index (χ3n) is 3.83. The van der Waals surface area contributed by atoms with Gasteiger partial charge in [-0.2, -0.15) is 0 Å². The van der Waals surface area contributed by atoms with Crippen molar-refractivity contribution in [1.29, 1.82) is 0 Å². The van der Waals surface area contributed by atoms with E-state index in [0.717, 1.165) is 31.5 Å². The quantitative estimate of drug-likeness (QED) is 0.777. The van der Waals surface area contributed by atoms with Crippen molar-refractivity contribution in [2.45, 2.75) is 44.9 Å². The Morgan fingerprint density at radius 3 is 2.50 bits per heavy atom. The summed E-state index contributed by atoms with van der Waals surface area (Å²) in [6.45, 7) is 3.17. The molecule has 1 heterocycles. The standard InChI is InChI=1S/C13H25N3/c1-16-10-9-14-13(16)15-11-12-7-5-3-2-4-6-8-12/h12H,2-11H2,1H3,(H,14,15). The average Bonchev–Trinajstić information content (AvgIpc) is 2.63. The molecule has 0 aromatic carbocycles. The van der Waals surface area contributed by atoms with Crippen molar-refractivity contribution in [2.24, 2.45) is 10.9 Å². The van der Waals surface area contributed by atoms with Crippen LogP contribution in [-0.2, 0) is 0 Å². The molecule has 0 atom stereocenters. The van der Waals surface area contributed by atoms with Gasteiger partial charge in [-0.15, -0.1) is 0 Å². The molecule has 16 heavy (non-hydrogen) atoms. The van der Waals surface area contributed by atoms with Gasteiger partial charge in [0.1, 0.15) is 0 Å². The summed E-state index contributed by atoms with van der Waals surface area (Å²) in [6, 6.07) is 0. The Morgan fingerprint density at radius 2 is 1.88 bits per heavy atom. The Labute approximate surface area is 99.3 Å². The zero-order valence-electron chi connectivity index (χ0n) is 10.5. The molecule has 0 spiro atoms. The van der Waals surface area contributed by atoms with Crippen molar-refractivity contribution in [3.63, 3.8) is 0 Å². The lowest BCUT2D eigenvalue weighted by Gasteiger charge is -2.22. The summed E-state index contributed by atoms with van der Waals surface area (Å²) >= 11 is 0. The highest BCUT2D eigenvalue weighted by Crippen LogP contribution is 2.21. The topological polar surface area (TPSA) is 27.6 Å². The van der Waals surface area contributed by atoms with E-state index in [-0.39, 0.29) is 0 Å². The molecule has 0 amide bonds. The molecule has 0 bridgehead atoms. The summed E-state index contributed by atoms with van der Waals surface area (Å²) in [5, 5.41) is 3.53. The van der Waals surface area contributed by atoms with Gasteiger partial charge >= 0.3 is 0 Å². The lowest BCUT2D eigenvalue weighted by Crippen LogP contribution is -2.38. The molecule has 0 unspecified atom stereocenters. The van der Waals surface area contributed by atoms with E-state index in [1.807, 2.05) is 0 Å². The third-order valence-corrected chi connectivity index (χ3v) is 3.83. The average molecular weight is 223 g/mol. The van der Waals surface area contributed by atoms with Gasteiger partial charge in [0.15, 0.2) is 5.96 Å². The minimum atomic E-state index is 0.872. The van der Waals surface area contributed by atoms with Crippen molar-refractivity contribution in [1.82, 2.24) is 10.2 Å². The number of aliphatic imine (C=N–C) groups is 1. The van der Waals surface area contributed by atoms with Gasteiger partial charge in [-0.1, -0.05) is 32.1 Å². The maximum absolute atomic E-state index is 4.47. The number of guanidine groups is 1. The molecule has 3 nitrogen and oxygen atoms in total. The molecule has 3 heteroatoms. The normalized spacial score (nSPS) is 23.8. The zero-order valence-corrected chi connectivity index (χ0v) is 10.5. The Kier molecular flexibility index (Phi) is 4.49. The van der Waals surface area contributed by atoms with E-state index < -0.39 is 0 Å². The first kappa shape index (κ1) is 11.7. The van der Waals surface area contributed by atoms with E-state index in [1.54, 1.807) is 0 Å². The molecule has 0 radical (unpaired) electrons. The van der Waals surface area contributed by atoms with Crippen LogP contribution in [-0.4, -0.2) is 37.5 Å².